The first-order valence-corrected chi connectivity index (χ1v) is 14.4. The van der Waals surface area contributed by atoms with Crippen molar-refractivity contribution in [2.45, 2.75) is 56.6 Å². The average molecular weight is 549 g/mol. The van der Waals surface area contributed by atoms with Gasteiger partial charge in [0.05, 0.1) is 10.5 Å². The maximum absolute atomic E-state index is 13.2. The number of sulfonamides is 1. The van der Waals surface area contributed by atoms with E-state index >= 15 is 0 Å². The van der Waals surface area contributed by atoms with E-state index in [-0.39, 0.29) is 16.2 Å². The van der Waals surface area contributed by atoms with Crippen LogP contribution in [0.15, 0.2) is 71.9 Å². The molecule has 0 bridgehead atoms. The van der Waals surface area contributed by atoms with Crippen molar-refractivity contribution in [3.05, 3.63) is 72.6 Å². The van der Waals surface area contributed by atoms with Gasteiger partial charge in [-0.3, -0.25) is 15.0 Å². The maximum Gasteiger partial charge on any atom is 0.415 e. The lowest BCUT2D eigenvalue weighted by molar-refractivity contribution is -0.00135. The van der Waals surface area contributed by atoms with Crippen molar-refractivity contribution in [1.29, 1.82) is 0 Å². The zero-order valence-corrected chi connectivity index (χ0v) is 23.0. The monoisotopic (exact) mass is 548 g/mol. The fourth-order valence-electron chi connectivity index (χ4n) is 4.56. The van der Waals surface area contributed by atoms with E-state index in [1.165, 1.54) is 0 Å². The van der Waals surface area contributed by atoms with Gasteiger partial charge in [-0.15, -0.1) is 0 Å². The summed E-state index contributed by atoms with van der Waals surface area (Å²) >= 11 is 0. The number of carbonyl (C=O) groups excluding carboxylic acids is 1. The first-order chi connectivity index (χ1) is 18.6. The highest BCUT2D eigenvalue weighted by atomic mass is 32.2. The van der Waals surface area contributed by atoms with E-state index in [1.54, 1.807) is 48.8 Å². The summed E-state index contributed by atoms with van der Waals surface area (Å²) in [5.41, 5.74) is 3.30. The Labute approximate surface area is 228 Å². The highest BCUT2D eigenvalue weighted by Gasteiger charge is 2.23. The van der Waals surface area contributed by atoms with Crippen LogP contribution in [-0.2, 0) is 20.2 Å². The van der Waals surface area contributed by atoms with Crippen LogP contribution in [0.1, 0.15) is 45.6 Å². The number of pyridine rings is 1. The lowest BCUT2D eigenvalue weighted by atomic mass is 9.87. The Bertz CT molecular complexity index is 1570. The Morgan fingerprint density at radius 2 is 1.90 bits per heavy atom. The predicted molar refractivity (Wildman–Crippen MR) is 150 cm³/mol. The highest BCUT2D eigenvalue weighted by Crippen LogP contribution is 2.38. The predicted octanol–water partition coefficient (Wildman–Crippen LogP) is 5.94. The number of anilines is 1. The van der Waals surface area contributed by atoms with Gasteiger partial charge in [-0.05, 0) is 66.6 Å². The van der Waals surface area contributed by atoms with E-state index < -0.39 is 22.3 Å². The summed E-state index contributed by atoms with van der Waals surface area (Å²) in [4.78, 5) is 20.2. The molecular formula is C29H32N4O5S. The topological polar surface area (TPSA) is 122 Å². The molecule has 1 atom stereocenters. The third-order valence-corrected chi connectivity index (χ3v) is 8.05. The van der Waals surface area contributed by atoms with Gasteiger partial charge in [0.25, 0.3) is 10.0 Å². The Morgan fingerprint density at radius 1 is 1.10 bits per heavy atom. The van der Waals surface area contributed by atoms with Gasteiger partial charge >= 0.3 is 6.09 Å². The van der Waals surface area contributed by atoms with Gasteiger partial charge in [-0.2, -0.15) is 0 Å². The third kappa shape index (κ3) is 6.07. The Morgan fingerprint density at radius 3 is 2.56 bits per heavy atom. The molecule has 1 aliphatic heterocycles. The molecule has 0 radical (unpaired) electrons. The molecule has 3 N–H and O–H groups in total. The van der Waals surface area contributed by atoms with Gasteiger partial charge in [0.1, 0.15) is 6.23 Å². The molecule has 9 nitrogen and oxygen atoms in total. The molecule has 1 amide bonds. The van der Waals surface area contributed by atoms with Crippen LogP contribution in [0, 0.1) is 0 Å². The first kappa shape index (κ1) is 26.7. The van der Waals surface area contributed by atoms with Crippen molar-refractivity contribution in [2.75, 3.05) is 11.3 Å². The van der Waals surface area contributed by atoms with Crippen LogP contribution < -0.4 is 14.8 Å². The van der Waals surface area contributed by atoms with Crippen LogP contribution in [-0.4, -0.2) is 37.3 Å². The summed E-state index contributed by atoms with van der Waals surface area (Å²) in [6, 6.07) is 15.6. The number of ether oxygens (including phenoxy) is 2. The van der Waals surface area contributed by atoms with E-state index in [0.29, 0.717) is 34.3 Å². The van der Waals surface area contributed by atoms with E-state index in [0.717, 1.165) is 24.8 Å². The SMILES string of the molecule is CC(C)(C)c1ccc(S(=O)(=O)Nc2ccc3[nH]c(OC(=O)NC4CCCCO4)c(-c4cccnc4)c3c2)cc1. The molecule has 2 aromatic carbocycles. The molecule has 10 heteroatoms. The molecular weight excluding hydrogens is 516 g/mol. The number of nitrogens with zero attached hydrogens (tertiary/aromatic N) is 1. The van der Waals surface area contributed by atoms with E-state index in [1.807, 2.05) is 18.2 Å². The molecule has 2 aromatic heterocycles. The largest absolute Gasteiger partial charge is 0.415 e. The molecule has 1 fully saturated rings. The van der Waals surface area contributed by atoms with Crippen LogP contribution in [0.2, 0.25) is 0 Å². The minimum absolute atomic E-state index is 0.0855. The smallest absolute Gasteiger partial charge is 0.393 e. The molecule has 3 heterocycles. The van der Waals surface area contributed by atoms with Crippen LogP contribution in [0.25, 0.3) is 22.0 Å². The number of fused-ring (bicyclic) bond motifs is 1. The molecule has 0 saturated carbocycles. The van der Waals surface area contributed by atoms with Gasteiger partial charge in [0.15, 0.2) is 0 Å². The van der Waals surface area contributed by atoms with Crippen LogP contribution in [0.3, 0.4) is 0 Å². The first-order valence-electron chi connectivity index (χ1n) is 12.9. The quantitative estimate of drug-likeness (QED) is 0.274. The number of nitrogens with one attached hydrogen (secondary N) is 3. The summed E-state index contributed by atoms with van der Waals surface area (Å²) in [6.45, 7) is 6.82. The second-order valence-electron chi connectivity index (χ2n) is 10.6. The van der Waals surface area contributed by atoms with Crippen LogP contribution in [0.4, 0.5) is 10.5 Å². The summed E-state index contributed by atoms with van der Waals surface area (Å²) in [7, 11) is -3.83. The van der Waals surface area contributed by atoms with Crippen LogP contribution >= 0.6 is 0 Å². The summed E-state index contributed by atoms with van der Waals surface area (Å²) in [6.07, 6.45) is 4.93. The van der Waals surface area contributed by atoms with E-state index in [9.17, 15) is 13.2 Å². The van der Waals surface area contributed by atoms with Crippen molar-refractivity contribution >= 4 is 32.7 Å². The van der Waals surface area contributed by atoms with E-state index in [2.05, 4.69) is 40.8 Å². The molecule has 5 rings (SSSR count). The number of amides is 1. The Hall–Kier alpha value is -3.89. The van der Waals surface area contributed by atoms with Gasteiger partial charge in [0.2, 0.25) is 5.88 Å². The second kappa shape index (κ2) is 10.7. The third-order valence-electron chi connectivity index (χ3n) is 6.65. The van der Waals surface area contributed by atoms with Crippen molar-refractivity contribution in [2.24, 2.45) is 0 Å². The molecule has 0 aliphatic carbocycles. The number of rotatable bonds is 6. The average Bonchev–Trinajstić information content (AvgIpc) is 3.26. The van der Waals surface area contributed by atoms with Gasteiger partial charge in [-0.1, -0.05) is 39.0 Å². The number of aromatic amines is 1. The minimum atomic E-state index is -3.83. The molecule has 0 spiro atoms. The molecule has 1 aliphatic rings. The van der Waals surface area contributed by atoms with Gasteiger partial charge < -0.3 is 14.5 Å². The minimum Gasteiger partial charge on any atom is -0.393 e. The summed E-state index contributed by atoms with van der Waals surface area (Å²) < 4.78 is 40.3. The van der Waals surface area contributed by atoms with Gasteiger partial charge in [-0.25, -0.2) is 13.2 Å². The lowest BCUT2D eigenvalue weighted by Crippen LogP contribution is -2.40. The molecule has 1 saturated heterocycles. The number of H-pyrrole nitrogens is 1. The number of carbonyl (C=O) groups is 1. The Kier molecular flexibility index (Phi) is 7.33. The molecule has 4 aromatic rings. The van der Waals surface area contributed by atoms with Crippen molar-refractivity contribution in [3.8, 4) is 17.0 Å². The number of benzene rings is 2. The summed E-state index contributed by atoms with van der Waals surface area (Å²) in [5, 5.41) is 3.42. The van der Waals surface area contributed by atoms with Crippen molar-refractivity contribution in [1.82, 2.24) is 15.3 Å². The zero-order chi connectivity index (χ0) is 27.6. The molecule has 1 unspecified atom stereocenters. The lowest BCUT2D eigenvalue weighted by Gasteiger charge is -2.22. The fraction of sp³-hybridized carbons (Fsp3) is 0.310. The van der Waals surface area contributed by atoms with Crippen LogP contribution in [0.5, 0.6) is 5.88 Å². The number of aromatic nitrogens is 2. The Balaban J connectivity index is 1.45. The highest BCUT2D eigenvalue weighted by molar-refractivity contribution is 7.92. The maximum atomic E-state index is 13.2. The molecule has 204 valence electrons. The number of hydrogen-bond acceptors (Lipinski definition) is 6. The zero-order valence-electron chi connectivity index (χ0n) is 22.2. The van der Waals surface area contributed by atoms with Crippen molar-refractivity contribution < 1.29 is 22.7 Å². The van der Waals surface area contributed by atoms with E-state index in [4.69, 9.17) is 9.47 Å². The summed E-state index contributed by atoms with van der Waals surface area (Å²) in [5.74, 6) is 0.226. The fourth-order valence-corrected chi connectivity index (χ4v) is 5.61. The normalized spacial score (nSPS) is 16.1. The number of hydrogen-bond donors (Lipinski definition) is 3. The van der Waals surface area contributed by atoms with Gasteiger partial charge in [0, 0.05) is 41.2 Å². The second-order valence-corrected chi connectivity index (χ2v) is 12.3. The molecule has 39 heavy (non-hydrogen) atoms. The van der Waals surface area contributed by atoms with Crippen molar-refractivity contribution in [3.63, 3.8) is 0 Å². The standard InChI is InChI=1S/C29H32N4O5S/c1-29(2,3)20-9-12-22(13-10-20)39(35,36)33-21-11-14-24-23(17-21)26(19-7-6-15-30-18-19)27(31-24)38-28(34)32-25-8-4-5-16-37-25/h6-7,9-15,17-18,25,31,33H,4-5,8,16H2,1-3H3,(H,32,34).